The van der Waals surface area contributed by atoms with Gasteiger partial charge in [0.1, 0.15) is 41.0 Å². The van der Waals surface area contributed by atoms with Crippen LogP contribution in [0.1, 0.15) is 45.9 Å². The number of benzene rings is 4. The molecule has 0 amide bonds. The van der Waals surface area contributed by atoms with Gasteiger partial charge in [0.15, 0.2) is 29.1 Å². The third-order valence-electron chi connectivity index (χ3n) is 8.40. The lowest BCUT2D eigenvalue weighted by Crippen LogP contribution is -2.37. The summed E-state index contributed by atoms with van der Waals surface area (Å²) in [4.78, 5) is 0. The second-order valence-electron chi connectivity index (χ2n) is 10.9. The van der Waals surface area contributed by atoms with Gasteiger partial charge in [-0.3, -0.25) is 0 Å². The van der Waals surface area contributed by atoms with E-state index >= 15 is 0 Å². The number of aromatic hydroxyl groups is 3. The number of rotatable bonds is 7. The molecule has 2 heterocycles. The molecule has 0 fully saturated rings. The molecule has 6 rings (SSSR count). The summed E-state index contributed by atoms with van der Waals surface area (Å²) >= 11 is 0. The molecule has 0 aromatic heterocycles. The number of hydrogen-bond acceptors (Lipinski definition) is 11. The van der Waals surface area contributed by atoms with Crippen LogP contribution in [-0.2, 0) is 6.42 Å². The van der Waals surface area contributed by atoms with Gasteiger partial charge in [-0.05, 0) is 41.5 Å². The number of aliphatic hydroxyl groups is 2. The molecule has 0 bridgehead atoms. The molecule has 11 nitrogen and oxygen atoms in total. The highest BCUT2D eigenvalue weighted by Crippen LogP contribution is 2.55. The maximum atomic E-state index is 12.1. The molecular formula is C34H34O11. The van der Waals surface area contributed by atoms with Gasteiger partial charge in [-0.15, -0.1) is 0 Å². The average Bonchev–Trinajstić information content (AvgIpc) is 3.04. The number of fused-ring (bicyclic) bond motifs is 2. The zero-order valence-electron chi connectivity index (χ0n) is 25.1. The van der Waals surface area contributed by atoms with Gasteiger partial charge in [-0.25, -0.2) is 0 Å². The third kappa shape index (κ3) is 5.13. The molecule has 0 radical (unpaired) electrons. The maximum Gasteiger partial charge on any atom is 0.161 e. The highest BCUT2D eigenvalue weighted by molar-refractivity contribution is 5.64. The lowest BCUT2D eigenvalue weighted by atomic mass is 9.77. The Labute approximate surface area is 259 Å². The molecule has 5 atom stereocenters. The van der Waals surface area contributed by atoms with Gasteiger partial charge in [0, 0.05) is 41.2 Å². The Morgan fingerprint density at radius 3 is 2.02 bits per heavy atom. The van der Waals surface area contributed by atoms with Gasteiger partial charge >= 0.3 is 0 Å². The zero-order chi connectivity index (χ0) is 32.0. The van der Waals surface area contributed by atoms with Crippen LogP contribution >= 0.6 is 0 Å². The first-order valence-electron chi connectivity index (χ1n) is 14.2. The molecule has 45 heavy (non-hydrogen) atoms. The van der Waals surface area contributed by atoms with E-state index in [0.29, 0.717) is 62.3 Å². The molecule has 0 aliphatic carbocycles. The third-order valence-corrected chi connectivity index (χ3v) is 8.40. The van der Waals surface area contributed by atoms with E-state index in [4.69, 9.17) is 28.4 Å². The summed E-state index contributed by atoms with van der Waals surface area (Å²) in [5.74, 6) is 0.831. The second kappa shape index (κ2) is 11.8. The minimum absolute atomic E-state index is 0.0483. The SMILES string of the molecule is COc1ccc([C@H]2Oc3c(c(OC)cc(OC)c3[C@@H]3c4ccc(O)cc4O[C@@H](c4ccc(O)c(O)c4)[C@@H]3O)C[C@@H]2O)cc1OC. The molecule has 4 aromatic rings. The zero-order valence-corrected chi connectivity index (χ0v) is 25.1. The maximum absolute atomic E-state index is 12.1. The monoisotopic (exact) mass is 618 g/mol. The van der Waals surface area contributed by atoms with Crippen molar-refractivity contribution in [2.45, 2.75) is 36.8 Å². The molecule has 11 heteroatoms. The molecule has 0 saturated carbocycles. The number of hydrogen-bond donors (Lipinski definition) is 5. The quantitative estimate of drug-likeness (QED) is 0.186. The van der Waals surface area contributed by atoms with Crippen LogP contribution in [0, 0.1) is 0 Å². The lowest BCUT2D eigenvalue weighted by molar-refractivity contribution is 0.00185. The molecule has 236 valence electrons. The van der Waals surface area contributed by atoms with Crippen LogP contribution < -0.4 is 28.4 Å². The highest BCUT2D eigenvalue weighted by Gasteiger charge is 2.45. The van der Waals surface area contributed by atoms with Crippen LogP contribution in [0.3, 0.4) is 0 Å². The van der Waals surface area contributed by atoms with Crippen molar-refractivity contribution in [1.82, 2.24) is 0 Å². The first-order chi connectivity index (χ1) is 21.7. The summed E-state index contributed by atoms with van der Waals surface area (Å²) in [6, 6.07) is 15.7. The Balaban J connectivity index is 1.55. The Morgan fingerprint density at radius 1 is 0.644 bits per heavy atom. The van der Waals surface area contributed by atoms with Crippen LogP contribution in [0.4, 0.5) is 0 Å². The molecule has 2 aliphatic heterocycles. The number of phenols is 3. The fourth-order valence-electron chi connectivity index (χ4n) is 6.24. The number of aliphatic hydroxyl groups excluding tert-OH is 2. The van der Waals surface area contributed by atoms with Crippen LogP contribution in [0.5, 0.6) is 51.7 Å². The van der Waals surface area contributed by atoms with Crippen LogP contribution in [0.15, 0.2) is 60.7 Å². The number of phenolic OH excluding ortho intramolecular Hbond substituents is 3. The summed E-state index contributed by atoms with van der Waals surface area (Å²) in [5, 5.41) is 53.9. The van der Waals surface area contributed by atoms with Crippen molar-refractivity contribution in [2.24, 2.45) is 0 Å². The fourth-order valence-corrected chi connectivity index (χ4v) is 6.24. The lowest BCUT2D eigenvalue weighted by Gasteiger charge is -2.40. The Morgan fingerprint density at radius 2 is 1.33 bits per heavy atom. The van der Waals surface area contributed by atoms with E-state index in [1.165, 1.54) is 58.8 Å². The van der Waals surface area contributed by atoms with Gasteiger partial charge in [-0.1, -0.05) is 18.2 Å². The molecule has 2 aliphatic rings. The minimum atomic E-state index is -1.27. The average molecular weight is 619 g/mol. The van der Waals surface area contributed by atoms with E-state index in [-0.39, 0.29) is 23.7 Å². The smallest absolute Gasteiger partial charge is 0.161 e. The van der Waals surface area contributed by atoms with Crippen molar-refractivity contribution >= 4 is 0 Å². The fraction of sp³-hybridized carbons (Fsp3) is 0.294. The van der Waals surface area contributed by atoms with E-state index in [0.717, 1.165) is 0 Å². The summed E-state index contributed by atoms with van der Waals surface area (Å²) in [5.41, 5.74) is 2.62. The predicted octanol–water partition coefficient (Wildman–Crippen LogP) is 4.50. The second-order valence-corrected chi connectivity index (χ2v) is 10.9. The van der Waals surface area contributed by atoms with Crippen molar-refractivity contribution in [1.29, 1.82) is 0 Å². The van der Waals surface area contributed by atoms with E-state index in [9.17, 15) is 25.5 Å². The molecule has 0 spiro atoms. The molecule has 0 unspecified atom stereocenters. The predicted molar refractivity (Wildman–Crippen MR) is 161 cm³/mol. The molecule has 0 saturated heterocycles. The Bertz CT molecular complexity index is 1740. The topological polar surface area (TPSA) is 157 Å². The highest BCUT2D eigenvalue weighted by atomic mass is 16.5. The molecular weight excluding hydrogens is 584 g/mol. The van der Waals surface area contributed by atoms with Crippen LogP contribution in [0.2, 0.25) is 0 Å². The van der Waals surface area contributed by atoms with E-state index in [2.05, 4.69) is 0 Å². The van der Waals surface area contributed by atoms with Crippen molar-refractivity contribution < 1.29 is 54.0 Å². The standard InChI is InChI=1S/C34H34O11/c1-40-24-10-6-17(12-27(24)42-3)32-23(38)14-20-25(41-2)15-28(43-4)30(34(20)45-32)29-19-8-7-18(35)13-26(19)44-33(31(29)39)16-5-9-21(36)22(37)11-16/h5-13,15,23,29,31-33,35-39H,14H2,1-4H3/t23-,29-,31+,32+,33-/m0/s1. The minimum Gasteiger partial charge on any atom is -0.508 e. The largest absolute Gasteiger partial charge is 0.508 e. The number of methoxy groups -OCH3 is 4. The van der Waals surface area contributed by atoms with Gasteiger partial charge in [0.2, 0.25) is 0 Å². The molecule has 5 N–H and O–H groups in total. The van der Waals surface area contributed by atoms with Gasteiger partial charge in [0.05, 0.1) is 34.5 Å². The summed E-state index contributed by atoms with van der Waals surface area (Å²) in [6.45, 7) is 0. The summed E-state index contributed by atoms with van der Waals surface area (Å²) in [7, 11) is 6.06. The van der Waals surface area contributed by atoms with E-state index < -0.39 is 30.3 Å². The van der Waals surface area contributed by atoms with E-state index in [1.54, 1.807) is 30.3 Å². The summed E-state index contributed by atoms with van der Waals surface area (Å²) in [6.07, 6.45) is -3.95. The molecule has 4 aromatic carbocycles. The van der Waals surface area contributed by atoms with Crippen molar-refractivity contribution in [3.63, 3.8) is 0 Å². The van der Waals surface area contributed by atoms with Crippen molar-refractivity contribution in [3.05, 3.63) is 88.5 Å². The van der Waals surface area contributed by atoms with E-state index in [1.807, 2.05) is 0 Å². The van der Waals surface area contributed by atoms with Crippen molar-refractivity contribution in [2.75, 3.05) is 28.4 Å². The van der Waals surface area contributed by atoms with Crippen LogP contribution in [-0.4, -0.2) is 66.2 Å². The van der Waals surface area contributed by atoms with Gasteiger partial charge < -0.3 is 54.0 Å². The number of ether oxygens (including phenoxy) is 6. The Kier molecular flexibility index (Phi) is 7.90. The first-order valence-corrected chi connectivity index (χ1v) is 14.2. The van der Waals surface area contributed by atoms with Crippen LogP contribution in [0.25, 0.3) is 0 Å². The van der Waals surface area contributed by atoms with Gasteiger partial charge in [-0.2, -0.15) is 0 Å². The summed E-state index contributed by atoms with van der Waals surface area (Å²) < 4.78 is 35.3. The van der Waals surface area contributed by atoms with Gasteiger partial charge in [0.25, 0.3) is 0 Å². The van der Waals surface area contributed by atoms with Crippen molar-refractivity contribution in [3.8, 4) is 51.7 Å². The normalized spacial score (nSPS) is 21.9. The first kappa shape index (κ1) is 30.0. The Hall–Kier alpha value is -5.00.